The van der Waals surface area contributed by atoms with Crippen molar-refractivity contribution in [2.24, 2.45) is 0 Å². The second-order valence-electron chi connectivity index (χ2n) is 2.68. The average molecular weight is 205 g/mol. The van der Waals surface area contributed by atoms with Gasteiger partial charge in [0.15, 0.2) is 0 Å². The summed E-state index contributed by atoms with van der Waals surface area (Å²) in [4.78, 5) is 22.3. The summed E-state index contributed by atoms with van der Waals surface area (Å²) in [6.07, 6.45) is 1.12. The summed E-state index contributed by atoms with van der Waals surface area (Å²) >= 11 is 0. The molecule has 74 valence electrons. The molecular weight excluding hydrogens is 193 g/mol. The fourth-order valence-electron chi connectivity index (χ4n) is 1.15. The van der Waals surface area contributed by atoms with E-state index in [4.69, 9.17) is 4.52 Å². The Hall–Kier alpha value is -0.670. The highest BCUT2D eigenvalue weighted by atomic mass is 31.1. The number of amides is 2. The zero-order valence-electron chi connectivity index (χ0n) is 7.41. The molecule has 1 aliphatic rings. The molecule has 0 saturated carbocycles. The van der Waals surface area contributed by atoms with Gasteiger partial charge < -0.3 is 4.52 Å². The number of carbonyl (C=O) groups excluding carboxylic acids is 2. The normalized spacial score (nSPS) is 20.5. The highest BCUT2D eigenvalue weighted by Gasteiger charge is 2.30. The van der Waals surface area contributed by atoms with Gasteiger partial charge in [0.05, 0.1) is 6.61 Å². The third-order valence-corrected chi connectivity index (χ3v) is 3.13. The van der Waals surface area contributed by atoms with E-state index in [0.717, 1.165) is 4.67 Å². The highest BCUT2D eigenvalue weighted by molar-refractivity contribution is 7.38. The summed E-state index contributed by atoms with van der Waals surface area (Å²) in [5.74, 6) is -0.762. The van der Waals surface area contributed by atoms with E-state index in [1.54, 1.807) is 6.92 Å². The summed E-state index contributed by atoms with van der Waals surface area (Å²) in [5, 5.41) is 0. The molecule has 0 bridgehead atoms. The molecule has 1 heterocycles. The van der Waals surface area contributed by atoms with E-state index in [-0.39, 0.29) is 31.3 Å². The van der Waals surface area contributed by atoms with Crippen LogP contribution in [-0.2, 0) is 18.7 Å². The van der Waals surface area contributed by atoms with Crippen molar-refractivity contribution >= 4 is 20.0 Å². The monoisotopic (exact) mass is 205 g/mol. The molecule has 13 heavy (non-hydrogen) atoms. The van der Waals surface area contributed by atoms with E-state index in [0.29, 0.717) is 6.42 Å². The summed E-state index contributed by atoms with van der Waals surface area (Å²) in [6, 6.07) is 0. The van der Waals surface area contributed by atoms with Crippen LogP contribution in [0, 0.1) is 0 Å². The third-order valence-electron chi connectivity index (χ3n) is 1.73. The van der Waals surface area contributed by atoms with Gasteiger partial charge in [-0.05, 0) is 13.3 Å². The van der Waals surface area contributed by atoms with Crippen molar-refractivity contribution in [3.63, 3.8) is 0 Å². The lowest BCUT2D eigenvalue weighted by Gasteiger charge is -2.23. The number of hydrogen-bond donors (Lipinski definition) is 0. The van der Waals surface area contributed by atoms with Crippen molar-refractivity contribution in [1.29, 1.82) is 0 Å². The van der Waals surface area contributed by atoms with Crippen LogP contribution in [-0.4, -0.2) is 23.1 Å². The Morgan fingerprint density at radius 1 is 1.38 bits per heavy atom. The van der Waals surface area contributed by atoms with Crippen molar-refractivity contribution in [3.05, 3.63) is 0 Å². The summed E-state index contributed by atoms with van der Waals surface area (Å²) in [6.45, 7) is 1.91. The number of carbonyl (C=O) groups is 2. The molecule has 1 unspecified atom stereocenters. The molecule has 0 radical (unpaired) electrons. The lowest BCUT2D eigenvalue weighted by atomic mass is 10.1. The first-order chi connectivity index (χ1) is 6.16. The van der Waals surface area contributed by atoms with Crippen molar-refractivity contribution in [1.82, 2.24) is 4.67 Å². The van der Waals surface area contributed by atoms with Gasteiger partial charge in [0, 0.05) is 12.8 Å². The Morgan fingerprint density at radius 2 is 1.92 bits per heavy atom. The molecule has 0 aromatic heterocycles. The zero-order valence-corrected chi connectivity index (χ0v) is 8.41. The van der Waals surface area contributed by atoms with E-state index in [1.165, 1.54) is 0 Å². The van der Waals surface area contributed by atoms with Crippen LogP contribution >= 0.6 is 8.18 Å². The SMILES string of the molecule is CCO[PH](=O)N1C(=O)CCCC1=O. The number of hydrogen-bond acceptors (Lipinski definition) is 4. The summed E-state index contributed by atoms with van der Waals surface area (Å²) < 4.78 is 16.8. The standard InChI is InChI=1S/C7H12NO4P/c1-2-12-13(11)8-6(9)4-3-5-7(8)10/h13H,2-5H2,1H3. The van der Waals surface area contributed by atoms with Crippen molar-refractivity contribution in [2.45, 2.75) is 26.2 Å². The summed E-state index contributed by atoms with van der Waals surface area (Å²) in [5.41, 5.74) is 0. The Kier molecular flexibility index (Phi) is 3.63. The molecule has 1 saturated heterocycles. The van der Waals surface area contributed by atoms with Crippen LogP contribution in [0.4, 0.5) is 0 Å². The van der Waals surface area contributed by atoms with E-state index >= 15 is 0 Å². The molecule has 0 aromatic carbocycles. The van der Waals surface area contributed by atoms with Crippen LogP contribution in [0.15, 0.2) is 0 Å². The van der Waals surface area contributed by atoms with Crippen LogP contribution in [0.2, 0.25) is 0 Å². The van der Waals surface area contributed by atoms with E-state index in [1.807, 2.05) is 0 Å². The zero-order chi connectivity index (χ0) is 9.84. The minimum atomic E-state index is -2.65. The van der Waals surface area contributed by atoms with Gasteiger partial charge in [0.2, 0.25) is 11.8 Å². The summed E-state index contributed by atoms with van der Waals surface area (Å²) in [7, 11) is -2.65. The van der Waals surface area contributed by atoms with Crippen LogP contribution in [0.25, 0.3) is 0 Å². The Morgan fingerprint density at radius 3 is 2.38 bits per heavy atom. The molecule has 0 aromatic rings. The van der Waals surface area contributed by atoms with Crippen molar-refractivity contribution < 1.29 is 18.7 Å². The Balaban J connectivity index is 2.68. The topological polar surface area (TPSA) is 63.7 Å². The van der Waals surface area contributed by atoms with Crippen molar-refractivity contribution in [2.75, 3.05) is 6.61 Å². The molecule has 0 aliphatic carbocycles. The first-order valence-corrected chi connectivity index (χ1v) is 5.45. The molecule has 1 rings (SSSR count). The number of piperidine rings is 1. The predicted octanol–water partition coefficient (Wildman–Crippen LogP) is 0.952. The van der Waals surface area contributed by atoms with E-state index in [2.05, 4.69) is 0 Å². The van der Waals surface area contributed by atoms with Gasteiger partial charge in [-0.15, -0.1) is 0 Å². The van der Waals surface area contributed by atoms with Gasteiger partial charge in [0.1, 0.15) is 0 Å². The van der Waals surface area contributed by atoms with Crippen LogP contribution < -0.4 is 0 Å². The molecule has 5 nitrogen and oxygen atoms in total. The van der Waals surface area contributed by atoms with Crippen molar-refractivity contribution in [3.8, 4) is 0 Å². The molecule has 0 spiro atoms. The molecule has 1 aliphatic heterocycles. The maximum absolute atomic E-state index is 11.3. The molecule has 0 N–H and O–H groups in total. The lowest BCUT2D eigenvalue weighted by molar-refractivity contribution is -0.141. The van der Waals surface area contributed by atoms with E-state index < -0.39 is 8.18 Å². The van der Waals surface area contributed by atoms with Gasteiger partial charge in [-0.2, -0.15) is 0 Å². The Labute approximate surface area is 77.0 Å². The number of rotatable bonds is 3. The maximum atomic E-state index is 11.3. The van der Waals surface area contributed by atoms with Crippen LogP contribution in [0.5, 0.6) is 0 Å². The molecule has 1 fully saturated rings. The lowest BCUT2D eigenvalue weighted by Crippen LogP contribution is -2.34. The fourth-order valence-corrected chi connectivity index (χ4v) is 2.15. The predicted molar refractivity (Wildman–Crippen MR) is 46.3 cm³/mol. The molecular formula is C7H12NO4P. The van der Waals surface area contributed by atoms with Gasteiger partial charge in [-0.3, -0.25) is 14.2 Å². The first-order valence-electron chi connectivity index (χ1n) is 4.19. The quantitative estimate of drug-likeness (QED) is 0.508. The molecule has 2 amide bonds. The second kappa shape index (κ2) is 4.53. The van der Waals surface area contributed by atoms with E-state index in [9.17, 15) is 14.2 Å². The van der Waals surface area contributed by atoms with Gasteiger partial charge >= 0.3 is 0 Å². The molecule has 1 atom stereocenters. The first kappa shape index (κ1) is 10.4. The average Bonchev–Trinajstić information content (AvgIpc) is 2.04. The largest absolute Gasteiger partial charge is 0.315 e. The molecule has 6 heteroatoms. The van der Waals surface area contributed by atoms with Crippen LogP contribution in [0.1, 0.15) is 26.2 Å². The third kappa shape index (κ3) is 2.39. The number of nitrogens with zero attached hydrogens (tertiary/aromatic N) is 1. The van der Waals surface area contributed by atoms with Gasteiger partial charge in [-0.1, -0.05) is 0 Å². The highest BCUT2D eigenvalue weighted by Crippen LogP contribution is 2.32. The van der Waals surface area contributed by atoms with Gasteiger partial charge in [0.25, 0.3) is 8.18 Å². The smallest absolute Gasteiger partial charge is 0.293 e. The number of imide groups is 1. The minimum Gasteiger partial charge on any atom is -0.315 e. The Bertz CT molecular complexity index is 237. The minimum absolute atomic E-state index is 0.245. The second-order valence-corrected chi connectivity index (χ2v) is 3.94. The fraction of sp³-hybridized carbons (Fsp3) is 0.714. The maximum Gasteiger partial charge on any atom is 0.293 e. The van der Waals surface area contributed by atoms with Gasteiger partial charge in [-0.25, -0.2) is 4.67 Å². The van der Waals surface area contributed by atoms with Crippen LogP contribution in [0.3, 0.4) is 0 Å².